The maximum Gasteiger partial charge on any atom is 0.338 e. The molecule has 1 N–H and O–H groups in total. The third-order valence-corrected chi connectivity index (χ3v) is 2.94. The maximum absolute atomic E-state index is 10.9. The van der Waals surface area contributed by atoms with Crippen LogP contribution in [-0.2, 0) is 4.74 Å². The summed E-state index contributed by atoms with van der Waals surface area (Å²) in [6.45, 7) is 0.718. The van der Waals surface area contributed by atoms with E-state index < -0.39 is 5.97 Å². The van der Waals surface area contributed by atoms with E-state index in [1.807, 2.05) is 0 Å². The number of nitrogens with zero attached hydrogens (tertiary/aromatic N) is 1. The van der Waals surface area contributed by atoms with Gasteiger partial charge in [-0.25, -0.2) is 9.78 Å². The van der Waals surface area contributed by atoms with E-state index in [-0.39, 0.29) is 16.8 Å². The lowest BCUT2D eigenvalue weighted by Gasteiger charge is -2.22. The van der Waals surface area contributed by atoms with Crippen molar-refractivity contribution >= 4 is 17.6 Å². The number of rotatable bonds is 2. The molecule has 0 radical (unpaired) electrons. The van der Waals surface area contributed by atoms with Crippen LogP contribution in [0, 0.1) is 0 Å². The first kappa shape index (κ1) is 11.4. The van der Waals surface area contributed by atoms with Gasteiger partial charge < -0.3 is 9.84 Å². The van der Waals surface area contributed by atoms with Gasteiger partial charge in [-0.15, -0.1) is 0 Å². The highest BCUT2D eigenvalue weighted by atomic mass is 35.5. The molecule has 0 saturated carbocycles. The summed E-state index contributed by atoms with van der Waals surface area (Å²) in [7, 11) is 0. The molecule has 0 aliphatic carbocycles. The molecule has 0 spiro atoms. The number of aromatic nitrogens is 1. The quantitative estimate of drug-likeness (QED) is 0.809. The summed E-state index contributed by atoms with van der Waals surface area (Å²) in [5, 5.41) is 8.94. The lowest BCUT2D eigenvalue weighted by atomic mass is 10.0. The predicted octanol–water partition coefficient (Wildman–Crippen LogP) is 2.67. The largest absolute Gasteiger partial charge is 0.478 e. The van der Waals surface area contributed by atoms with Crippen LogP contribution in [0.15, 0.2) is 12.3 Å². The van der Waals surface area contributed by atoms with Gasteiger partial charge in [0.1, 0.15) is 5.15 Å². The predicted molar refractivity (Wildman–Crippen MR) is 58.8 cm³/mol. The highest BCUT2D eigenvalue weighted by molar-refractivity contribution is 6.32. The van der Waals surface area contributed by atoms with Crippen LogP contribution in [-0.4, -0.2) is 22.7 Å². The van der Waals surface area contributed by atoms with E-state index in [2.05, 4.69) is 4.98 Å². The molecular weight excluding hydrogens is 230 g/mol. The highest BCUT2D eigenvalue weighted by Gasteiger charge is 2.19. The van der Waals surface area contributed by atoms with Crippen LogP contribution in [0.5, 0.6) is 0 Å². The van der Waals surface area contributed by atoms with Crippen molar-refractivity contribution in [3.63, 3.8) is 0 Å². The van der Waals surface area contributed by atoms with Crippen molar-refractivity contribution < 1.29 is 14.6 Å². The molecular formula is C11H12ClNO3. The van der Waals surface area contributed by atoms with Gasteiger partial charge in [-0.1, -0.05) is 11.6 Å². The van der Waals surface area contributed by atoms with Crippen LogP contribution in [0.3, 0.4) is 0 Å². The van der Waals surface area contributed by atoms with Gasteiger partial charge in [0.2, 0.25) is 0 Å². The average molecular weight is 242 g/mol. The van der Waals surface area contributed by atoms with Crippen LogP contribution in [0.4, 0.5) is 0 Å². The molecule has 1 aliphatic heterocycles. The Morgan fingerprint density at radius 3 is 3.00 bits per heavy atom. The van der Waals surface area contributed by atoms with Gasteiger partial charge in [-0.3, -0.25) is 0 Å². The number of hydrogen-bond acceptors (Lipinski definition) is 3. The second-order valence-corrected chi connectivity index (χ2v) is 4.13. The summed E-state index contributed by atoms with van der Waals surface area (Å²) in [6, 6.07) is 1.55. The van der Waals surface area contributed by atoms with E-state index >= 15 is 0 Å². The van der Waals surface area contributed by atoms with E-state index in [0.29, 0.717) is 0 Å². The molecule has 1 saturated heterocycles. The number of halogens is 1. The lowest BCUT2D eigenvalue weighted by molar-refractivity contribution is 0.0147. The molecule has 2 heterocycles. The van der Waals surface area contributed by atoms with E-state index in [4.69, 9.17) is 21.4 Å². The Bertz CT molecular complexity index is 402. The average Bonchev–Trinajstić information content (AvgIpc) is 2.30. The summed E-state index contributed by atoms with van der Waals surface area (Å²) in [4.78, 5) is 14.8. The van der Waals surface area contributed by atoms with Crippen molar-refractivity contribution in [2.45, 2.75) is 25.4 Å². The highest BCUT2D eigenvalue weighted by Crippen LogP contribution is 2.29. The molecule has 0 bridgehead atoms. The Labute approximate surface area is 98.2 Å². The van der Waals surface area contributed by atoms with E-state index in [9.17, 15) is 4.79 Å². The topological polar surface area (TPSA) is 59.4 Å². The molecule has 1 aromatic rings. The third kappa shape index (κ3) is 2.33. The number of carbonyl (C=O) groups is 1. The molecule has 1 aliphatic rings. The Morgan fingerprint density at radius 2 is 2.38 bits per heavy atom. The summed E-state index contributed by atoms with van der Waals surface area (Å²) in [5.41, 5.74) is 0.829. The van der Waals surface area contributed by atoms with Gasteiger partial charge in [0.15, 0.2) is 0 Å². The lowest BCUT2D eigenvalue weighted by Crippen LogP contribution is -2.13. The minimum atomic E-state index is -1.06. The van der Waals surface area contributed by atoms with Gasteiger partial charge >= 0.3 is 5.97 Å². The Hall–Kier alpha value is -1.13. The van der Waals surface area contributed by atoms with E-state index in [1.165, 1.54) is 0 Å². The fraction of sp³-hybridized carbons (Fsp3) is 0.455. The fourth-order valence-electron chi connectivity index (χ4n) is 1.79. The molecule has 0 amide bonds. The van der Waals surface area contributed by atoms with Crippen LogP contribution in [0.25, 0.3) is 0 Å². The van der Waals surface area contributed by atoms with Crippen molar-refractivity contribution in [1.29, 1.82) is 0 Å². The van der Waals surface area contributed by atoms with E-state index in [0.717, 1.165) is 31.4 Å². The maximum atomic E-state index is 10.9. The van der Waals surface area contributed by atoms with Crippen molar-refractivity contribution in [3.8, 4) is 0 Å². The monoisotopic (exact) mass is 241 g/mol. The fourth-order valence-corrected chi connectivity index (χ4v) is 1.98. The summed E-state index contributed by atoms with van der Waals surface area (Å²) in [5.74, 6) is -1.06. The van der Waals surface area contributed by atoms with Crippen molar-refractivity contribution in [2.24, 2.45) is 0 Å². The number of aromatic carboxylic acids is 1. The number of carboxylic acids is 1. The van der Waals surface area contributed by atoms with Crippen molar-refractivity contribution in [3.05, 3.63) is 28.5 Å². The number of hydrogen-bond donors (Lipinski definition) is 1. The molecule has 86 valence electrons. The van der Waals surface area contributed by atoms with E-state index in [1.54, 1.807) is 12.3 Å². The standard InChI is InChI=1S/C11H12ClNO3/c12-10-8(11(14)15)5-7(6-13-10)9-3-1-2-4-16-9/h5-6,9H,1-4H2,(H,14,15). The van der Waals surface area contributed by atoms with Crippen LogP contribution in [0.1, 0.15) is 41.3 Å². The number of carboxylic acid groups (broad SMARTS) is 1. The summed E-state index contributed by atoms with van der Waals surface area (Å²) in [6.07, 6.45) is 4.60. The molecule has 1 fully saturated rings. The zero-order chi connectivity index (χ0) is 11.5. The van der Waals surface area contributed by atoms with Gasteiger partial charge in [0.25, 0.3) is 0 Å². The molecule has 1 atom stereocenters. The van der Waals surface area contributed by atoms with Crippen molar-refractivity contribution in [1.82, 2.24) is 4.98 Å². The first-order valence-electron chi connectivity index (χ1n) is 5.19. The minimum absolute atomic E-state index is 0.0204. The zero-order valence-electron chi connectivity index (χ0n) is 8.65. The molecule has 1 unspecified atom stereocenters. The molecule has 2 rings (SSSR count). The van der Waals surface area contributed by atoms with Gasteiger partial charge in [-0.05, 0) is 25.3 Å². The first-order chi connectivity index (χ1) is 7.68. The van der Waals surface area contributed by atoms with Gasteiger partial charge in [-0.2, -0.15) is 0 Å². The summed E-state index contributed by atoms with van der Waals surface area (Å²) >= 11 is 5.70. The smallest absolute Gasteiger partial charge is 0.338 e. The second-order valence-electron chi connectivity index (χ2n) is 3.77. The second kappa shape index (κ2) is 4.80. The minimum Gasteiger partial charge on any atom is -0.478 e. The van der Waals surface area contributed by atoms with Gasteiger partial charge in [0, 0.05) is 18.4 Å². The Kier molecular flexibility index (Phi) is 3.41. The number of pyridine rings is 1. The SMILES string of the molecule is O=C(O)c1cc(C2CCCCO2)cnc1Cl. The Morgan fingerprint density at radius 1 is 1.56 bits per heavy atom. The third-order valence-electron chi connectivity index (χ3n) is 2.64. The molecule has 4 nitrogen and oxygen atoms in total. The molecule has 16 heavy (non-hydrogen) atoms. The zero-order valence-corrected chi connectivity index (χ0v) is 9.41. The van der Waals surface area contributed by atoms with Gasteiger partial charge in [0.05, 0.1) is 11.7 Å². The molecule has 5 heteroatoms. The number of ether oxygens (including phenoxy) is 1. The van der Waals surface area contributed by atoms with Crippen LogP contribution in [0.2, 0.25) is 5.15 Å². The van der Waals surface area contributed by atoms with Crippen LogP contribution < -0.4 is 0 Å². The summed E-state index contributed by atoms with van der Waals surface area (Å²) < 4.78 is 5.56. The first-order valence-corrected chi connectivity index (χ1v) is 5.56. The normalized spacial score (nSPS) is 20.7. The van der Waals surface area contributed by atoms with Crippen LogP contribution >= 0.6 is 11.6 Å². The van der Waals surface area contributed by atoms with Crippen molar-refractivity contribution in [2.75, 3.05) is 6.61 Å². The molecule has 1 aromatic heterocycles. The molecule has 0 aromatic carbocycles. The Balaban J connectivity index is 2.27.